The highest BCUT2D eigenvalue weighted by atomic mass is 35.5. The van der Waals surface area contributed by atoms with E-state index in [2.05, 4.69) is 4.90 Å². The molecule has 0 spiro atoms. The summed E-state index contributed by atoms with van der Waals surface area (Å²) in [5.41, 5.74) is 0. The predicted octanol–water partition coefficient (Wildman–Crippen LogP) is 3.04. The van der Waals surface area contributed by atoms with Gasteiger partial charge in [0.25, 0.3) is 0 Å². The molecule has 0 aromatic heterocycles. The van der Waals surface area contributed by atoms with Gasteiger partial charge in [-0.05, 0) is 45.1 Å². The summed E-state index contributed by atoms with van der Waals surface area (Å²) in [5, 5.41) is 0. The zero-order valence-electron chi connectivity index (χ0n) is 10.2. The smallest absolute Gasteiger partial charge is 0.0588 e. The van der Waals surface area contributed by atoms with Crippen LogP contribution in [0.25, 0.3) is 0 Å². The number of alkyl halides is 1. The predicted molar refractivity (Wildman–Crippen MR) is 68.1 cm³/mol. The van der Waals surface area contributed by atoms with Crippen LogP contribution in [0.2, 0.25) is 0 Å². The molecule has 0 bridgehead atoms. The average molecular weight is 246 g/mol. The Morgan fingerprint density at radius 2 is 2.06 bits per heavy atom. The van der Waals surface area contributed by atoms with Crippen LogP contribution in [-0.2, 0) is 4.74 Å². The van der Waals surface area contributed by atoms with Gasteiger partial charge in [-0.2, -0.15) is 0 Å². The van der Waals surface area contributed by atoms with Crippen LogP contribution in [0.5, 0.6) is 0 Å². The molecule has 2 saturated heterocycles. The summed E-state index contributed by atoms with van der Waals surface area (Å²) in [5.74, 6) is 0.807. The van der Waals surface area contributed by atoms with Crippen LogP contribution in [0.3, 0.4) is 0 Å². The minimum Gasteiger partial charge on any atom is -0.378 e. The Morgan fingerprint density at radius 3 is 2.81 bits per heavy atom. The lowest BCUT2D eigenvalue weighted by Crippen LogP contribution is -2.41. The molecule has 2 aliphatic heterocycles. The fraction of sp³-hybridized carbons (Fsp3) is 1.00. The maximum Gasteiger partial charge on any atom is 0.0588 e. The molecule has 0 aromatic rings. The molecule has 0 radical (unpaired) electrons. The van der Waals surface area contributed by atoms with Crippen LogP contribution < -0.4 is 0 Å². The van der Waals surface area contributed by atoms with E-state index in [-0.39, 0.29) is 0 Å². The number of likely N-dealkylation sites (tertiary alicyclic amines) is 1. The highest BCUT2D eigenvalue weighted by Gasteiger charge is 2.23. The molecular weight excluding hydrogens is 222 g/mol. The summed E-state index contributed by atoms with van der Waals surface area (Å²) in [7, 11) is 0. The largest absolute Gasteiger partial charge is 0.378 e. The van der Waals surface area contributed by atoms with E-state index in [0.29, 0.717) is 6.10 Å². The number of hydrogen-bond acceptors (Lipinski definition) is 2. The molecule has 2 heterocycles. The van der Waals surface area contributed by atoms with E-state index in [1.165, 1.54) is 51.6 Å². The third kappa shape index (κ3) is 3.61. The van der Waals surface area contributed by atoms with E-state index >= 15 is 0 Å². The van der Waals surface area contributed by atoms with Gasteiger partial charge in [-0.3, -0.25) is 0 Å². The van der Waals surface area contributed by atoms with Gasteiger partial charge in [-0.1, -0.05) is 6.42 Å². The molecule has 16 heavy (non-hydrogen) atoms. The Kier molecular flexibility index (Phi) is 5.40. The quantitative estimate of drug-likeness (QED) is 0.691. The normalized spacial score (nSPS) is 32.1. The van der Waals surface area contributed by atoms with Gasteiger partial charge in [0.05, 0.1) is 6.10 Å². The summed E-state index contributed by atoms with van der Waals surface area (Å²) in [4.78, 5) is 2.65. The van der Waals surface area contributed by atoms with E-state index in [1.54, 1.807) is 0 Å². The maximum atomic E-state index is 5.88. The standard InChI is InChI=1S/C13H24ClNO/c14-8-6-12-4-1-2-9-15(12)10-7-13-5-3-11-16-13/h12-13H,1-11H2. The summed E-state index contributed by atoms with van der Waals surface area (Å²) in [6.07, 6.45) is 9.55. The Morgan fingerprint density at radius 1 is 1.12 bits per heavy atom. The van der Waals surface area contributed by atoms with Gasteiger partial charge in [-0.15, -0.1) is 11.6 Å². The van der Waals surface area contributed by atoms with Crippen molar-refractivity contribution in [2.45, 2.75) is 57.1 Å². The third-order valence-corrected chi connectivity index (χ3v) is 4.17. The van der Waals surface area contributed by atoms with Gasteiger partial charge >= 0.3 is 0 Å². The fourth-order valence-electron chi connectivity index (χ4n) is 2.99. The van der Waals surface area contributed by atoms with Crippen molar-refractivity contribution < 1.29 is 4.74 Å². The second-order valence-electron chi connectivity index (χ2n) is 5.09. The zero-order valence-corrected chi connectivity index (χ0v) is 10.9. The molecule has 0 aliphatic carbocycles. The van der Waals surface area contributed by atoms with E-state index in [0.717, 1.165) is 24.9 Å². The van der Waals surface area contributed by atoms with Crippen molar-refractivity contribution in [1.29, 1.82) is 0 Å². The van der Waals surface area contributed by atoms with Gasteiger partial charge in [-0.25, -0.2) is 0 Å². The monoisotopic (exact) mass is 245 g/mol. The molecule has 0 N–H and O–H groups in total. The average Bonchev–Trinajstić information content (AvgIpc) is 2.81. The van der Waals surface area contributed by atoms with Crippen molar-refractivity contribution in [2.24, 2.45) is 0 Å². The molecule has 0 aromatic carbocycles. The minimum absolute atomic E-state index is 0.540. The molecule has 0 saturated carbocycles. The maximum absolute atomic E-state index is 5.88. The van der Waals surface area contributed by atoms with Crippen molar-refractivity contribution in [1.82, 2.24) is 4.90 Å². The summed E-state index contributed by atoms with van der Waals surface area (Å²) >= 11 is 5.88. The highest BCUT2D eigenvalue weighted by Crippen LogP contribution is 2.22. The number of piperidine rings is 1. The number of nitrogens with zero attached hydrogens (tertiary/aromatic N) is 1. The van der Waals surface area contributed by atoms with Crippen LogP contribution in [0, 0.1) is 0 Å². The van der Waals surface area contributed by atoms with Crippen molar-refractivity contribution in [3.05, 3.63) is 0 Å². The molecule has 94 valence electrons. The summed E-state index contributed by atoms with van der Waals surface area (Å²) in [6.45, 7) is 3.47. The lowest BCUT2D eigenvalue weighted by molar-refractivity contribution is 0.0746. The second kappa shape index (κ2) is 6.83. The Hall–Kier alpha value is 0.210. The molecule has 2 atom stereocenters. The molecule has 3 heteroatoms. The van der Waals surface area contributed by atoms with Crippen molar-refractivity contribution in [3.8, 4) is 0 Å². The second-order valence-corrected chi connectivity index (χ2v) is 5.46. The van der Waals surface area contributed by atoms with Gasteiger partial charge in [0.2, 0.25) is 0 Å². The van der Waals surface area contributed by atoms with E-state index in [4.69, 9.17) is 16.3 Å². The minimum atomic E-state index is 0.540. The van der Waals surface area contributed by atoms with Crippen molar-refractivity contribution in [2.75, 3.05) is 25.6 Å². The third-order valence-electron chi connectivity index (χ3n) is 3.95. The van der Waals surface area contributed by atoms with Crippen LogP contribution in [-0.4, -0.2) is 42.6 Å². The molecule has 2 nitrogen and oxygen atoms in total. The lowest BCUT2D eigenvalue weighted by atomic mass is 9.99. The summed E-state index contributed by atoms with van der Waals surface area (Å²) in [6, 6.07) is 0.743. The first kappa shape index (κ1) is 12.7. The van der Waals surface area contributed by atoms with Crippen molar-refractivity contribution in [3.63, 3.8) is 0 Å². The number of rotatable bonds is 5. The molecule has 2 aliphatic rings. The molecule has 2 rings (SSSR count). The topological polar surface area (TPSA) is 12.5 Å². The van der Waals surface area contributed by atoms with Crippen LogP contribution >= 0.6 is 11.6 Å². The molecule has 2 fully saturated rings. The molecular formula is C13H24ClNO. The van der Waals surface area contributed by atoms with Crippen LogP contribution in [0.1, 0.15) is 44.9 Å². The summed E-state index contributed by atoms with van der Waals surface area (Å²) < 4.78 is 5.69. The lowest BCUT2D eigenvalue weighted by Gasteiger charge is -2.36. The SMILES string of the molecule is ClCCC1CCCCN1CCC1CCCO1. The first-order valence-corrected chi connectivity index (χ1v) is 7.35. The van der Waals surface area contributed by atoms with Crippen molar-refractivity contribution >= 4 is 11.6 Å². The molecule has 0 amide bonds. The first-order valence-electron chi connectivity index (χ1n) is 6.82. The fourth-order valence-corrected chi connectivity index (χ4v) is 3.24. The Balaban J connectivity index is 1.72. The van der Waals surface area contributed by atoms with E-state index < -0.39 is 0 Å². The number of ether oxygens (including phenoxy) is 1. The van der Waals surface area contributed by atoms with Gasteiger partial charge in [0.1, 0.15) is 0 Å². The van der Waals surface area contributed by atoms with Crippen LogP contribution in [0.4, 0.5) is 0 Å². The highest BCUT2D eigenvalue weighted by molar-refractivity contribution is 6.17. The Labute approximate surface area is 104 Å². The number of hydrogen-bond donors (Lipinski definition) is 0. The van der Waals surface area contributed by atoms with E-state index in [9.17, 15) is 0 Å². The zero-order chi connectivity index (χ0) is 11.2. The van der Waals surface area contributed by atoms with Crippen LogP contribution in [0.15, 0.2) is 0 Å². The molecule has 2 unspecified atom stereocenters. The first-order chi connectivity index (χ1) is 7.90. The van der Waals surface area contributed by atoms with Gasteiger partial charge < -0.3 is 9.64 Å². The van der Waals surface area contributed by atoms with Gasteiger partial charge in [0.15, 0.2) is 0 Å². The number of halogens is 1. The van der Waals surface area contributed by atoms with E-state index in [1.807, 2.05) is 0 Å². The Bertz CT molecular complexity index is 192. The van der Waals surface area contributed by atoms with Gasteiger partial charge in [0, 0.05) is 25.1 Å².